The zero-order valence-corrected chi connectivity index (χ0v) is 26.2. The van der Waals surface area contributed by atoms with Crippen molar-refractivity contribution in [2.24, 2.45) is 0 Å². The number of unbranched alkanes of at least 4 members (excludes halogenated alkanes) is 18. The minimum atomic E-state index is -1.19. The van der Waals surface area contributed by atoms with Gasteiger partial charge in [-0.2, -0.15) is 0 Å². The summed E-state index contributed by atoms with van der Waals surface area (Å²) in [5.74, 6) is -3.57. The fourth-order valence-electron chi connectivity index (χ4n) is 5.90. The number of carbonyl (C=O) groups is 3. The van der Waals surface area contributed by atoms with Gasteiger partial charge in [-0.25, -0.2) is 14.4 Å². The highest BCUT2D eigenvalue weighted by Crippen LogP contribution is 2.27. The maximum atomic E-state index is 11.8. The number of allylic oxidation sites excluding steroid dienone is 1. The van der Waals surface area contributed by atoms with Crippen LogP contribution in [-0.4, -0.2) is 62.4 Å². The lowest BCUT2D eigenvalue weighted by molar-refractivity contribution is -0.967. The average molecular weight is 569 g/mol. The van der Waals surface area contributed by atoms with Crippen molar-refractivity contribution in [3.63, 3.8) is 0 Å². The molecule has 3 unspecified atom stereocenters. The van der Waals surface area contributed by atoms with E-state index in [1.807, 2.05) is 6.08 Å². The molecule has 3 N–H and O–H groups in total. The first kappa shape index (κ1) is 38.1. The molecule has 0 bridgehead atoms. The monoisotopic (exact) mass is 568 g/mol. The number of nitrogens with zero attached hydrogens (tertiary/aromatic N) is 1. The summed E-state index contributed by atoms with van der Waals surface area (Å²) in [5.41, 5.74) is 0. The Morgan fingerprint density at radius 1 is 0.500 bits per heavy atom. The molecule has 0 spiro atoms. The molecule has 234 valence electrons. The van der Waals surface area contributed by atoms with Crippen LogP contribution in [0.25, 0.3) is 0 Å². The third-order valence-corrected chi connectivity index (χ3v) is 8.81. The minimum absolute atomic E-state index is 0.143. The summed E-state index contributed by atoms with van der Waals surface area (Å²) < 4.78 is -0.524. The van der Waals surface area contributed by atoms with Crippen LogP contribution in [-0.2, 0) is 14.4 Å². The third kappa shape index (κ3) is 15.8. The first-order valence-electron chi connectivity index (χ1n) is 16.3. The van der Waals surface area contributed by atoms with Gasteiger partial charge in [0.15, 0.2) is 18.1 Å². The van der Waals surface area contributed by atoms with E-state index < -0.39 is 40.5 Å². The summed E-state index contributed by atoms with van der Waals surface area (Å²) in [4.78, 5) is 35.4. The second kappa shape index (κ2) is 23.8. The van der Waals surface area contributed by atoms with Crippen molar-refractivity contribution in [3.8, 4) is 0 Å². The van der Waals surface area contributed by atoms with Gasteiger partial charge in [0.2, 0.25) is 0 Å². The lowest BCUT2D eigenvalue weighted by atomic mass is 10.0. The van der Waals surface area contributed by atoms with Crippen LogP contribution in [0.1, 0.15) is 156 Å². The summed E-state index contributed by atoms with van der Waals surface area (Å²) in [6.07, 6.45) is 29.6. The second-order valence-corrected chi connectivity index (χ2v) is 11.8. The van der Waals surface area contributed by atoms with Crippen LogP contribution in [0.5, 0.6) is 0 Å². The normalized spacial score (nSPS) is 15.5. The topological polar surface area (TPSA) is 112 Å². The maximum Gasteiger partial charge on any atom is 0.362 e. The standard InChI is InChI=1S/C33H61NO6/c1-5-6-7-8-9-10-11-12-13-14-15-16-17-18-19-20-21-22-23-24-25-26-27-34(28(2)31(35)36,29(3)32(37)38)30(4)33(39)40/h24-25,28-30H,5-23,26-27H2,1-4H3,(H2-,35,36,37,38,39,40)/p+1/b25-24+. The van der Waals surface area contributed by atoms with E-state index in [1.54, 1.807) is 0 Å². The Kier molecular flexibility index (Phi) is 22.7. The lowest BCUT2D eigenvalue weighted by Gasteiger charge is -2.47. The van der Waals surface area contributed by atoms with Gasteiger partial charge in [0.05, 0.1) is 6.54 Å². The summed E-state index contributed by atoms with van der Waals surface area (Å²) >= 11 is 0. The summed E-state index contributed by atoms with van der Waals surface area (Å²) in [6, 6.07) is -3.46. The molecule has 0 aliphatic carbocycles. The molecule has 0 aliphatic heterocycles. The Morgan fingerprint density at radius 3 is 1.07 bits per heavy atom. The van der Waals surface area contributed by atoms with Crippen molar-refractivity contribution in [3.05, 3.63) is 12.2 Å². The van der Waals surface area contributed by atoms with Crippen LogP contribution in [0.3, 0.4) is 0 Å². The van der Waals surface area contributed by atoms with Gasteiger partial charge < -0.3 is 15.3 Å². The van der Waals surface area contributed by atoms with Crippen LogP contribution in [0.15, 0.2) is 12.2 Å². The van der Waals surface area contributed by atoms with Crippen LogP contribution in [0.4, 0.5) is 0 Å². The number of hydrogen-bond acceptors (Lipinski definition) is 3. The largest absolute Gasteiger partial charge is 0.477 e. The van der Waals surface area contributed by atoms with Crippen LogP contribution >= 0.6 is 0 Å². The van der Waals surface area contributed by atoms with Gasteiger partial charge in [0.1, 0.15) is 0 Å². The quantitative estimate of drug-likeness (QED) is 0.0495. The smallest absolute Gasteiger partial charge is 0.362 e. The fourth-order valence-corrected chi connectivity index (χ4v) is 5.90. The molecule has 0 fully saturated rings. The van der Waals surface area contributed by atoms with E-state index in [4.69, 9.17) is 0 Å². The van der Waals surface area contributed by atoms with E-state index in [0.717, 1.165) is 12.8 Å². The highest BCUT2D eigenvalue weighted by atomic mass is 16.4. The molecule has 0 saturated heterocycles. The lowest BCUT2D eigenvalue weighted by Crippen LogP contribution is -2.70. The number of hydrogen-bond donors (Lipinski definition) is 3. The molecule has 0 saturated carbocycles. The zero-order valence-electron chi connectivity index (χ0n) is 26.2. The molecule has 7 heteroatoms. The van der Waals surface area contributed by atoms with Crippen molar-refractivity contribution in [1.29, 1.82) is 0 Å². The van der Waals surface area contributed by atoms with Gasteiger partial charge in [0.25, 0.3) is 0 Å². The summed E-state index contributed by atoms with van der Waals surface area (Å²) in [5, 5.41) is 28.9. The van der Waals surface area contributed by atoms with Crippen LogP contribution in [0.2, 0.25) is 0 Å². The molecule has 3 atom stereocenters. The van der Waals surface area contributed by atoms with E-state index in [9.17, 15) is 29.7 Å². The van der Waals surface area contributed by atoms with Crippen molar-refractivity contribution in [2.45, 2.75) is 174 Å². The molecule has 7 nitrogen and oxygen atoms in total. The van der Waals surface area contributed by atoms with E-state index in [2.05, 4.69) is 13.0 Å². The van der Waals surface area contributed by atoms with E-state index in [0.29, 0.717) is 6.42 Å². The van der Waals surface area contributed by atoms with E-state index in [1.165, 1.54) is 130 Å². The summed E-state index contributed by atoms with van der Waals surface area (Å²) in [6.45, 7) is 6.63. The van der Waals surface area contributed by atoms with Crippen molar-refractivity contribution in [2.75, 3.05) is 6.54 Å². The Morgan fingerprint density at radius 2 is 0.775 bits per heavy atom. The Bertz CT molecular complexity index is 657. The molecule has 0 aromatic heterocycles. The van der Waals surface area contributed by atoms with Crippen LogP contribution in [0, 0.1) is 0 Å². The van der Waals surface area contributed by atoms with Crippen molar-refractivity contribution >= 4 is 17.9 Å². The molecule has 0 amide bonds. The highest BCUT2D eigenvalue weighted by molar-refractivity contribution is 5.77. The highest BCUT2D eigenvalue weighted by Gasteiger charge is 2.52. The third-order valence-electron chi connectivity index (χ3n) is 8.81. The van der Waals surface area contributed by atoms with Gasteiger partial charge in [0, 0.05) is 6.42 Å². The molecule has 0 radical (unpaired) electrons. The second-order valence-electron chi connectivity index (χ2n) is 11.8. The van der Waals surface area contributed by atoms with Crippen molar-refractivity contribution < 1.29 is 34.2 Å². The van der Waals surface area contributed by atoms with Crippen LogP contribution < -0.4 is 0 Å². The number of carboxylic acid groups (broad SMARTS) is 3. The molecule has 0 rings (SSSR count). The Hall–Kier alpha value is -1.89. The molecular weight excluding hydrogens is 506 g/mol. The van der Waals surface area contributed by atoms with E-state index in [-0.39, 0.29) is 6.54 Å². The van der Waals surface area contributed by atoms with Crippen molar-refractivity contribution in [1.82, 2.24) is 0 Å². The molecule has 40 heavy (non-hydrogen) atoms. The van der Waals surface area contributed by atoms with Gasteiger partial charge >= 0.3 is 17.9 Å². The fraction of sp³-hybridized carbons (Fsp3) is 0.848. The maximum absolute atomic E-state index is 11.8. The average Bonchev–Trinajstić information content (AvgIpc) is 2.92. The number of quaternary nitrogens is 1. The van der Waals surface area contributed by atoms with Gasteiger partial charge in [-0.3, -0.25) is 4.48 Å². The Balaban J connectivity index is 4.03. The van der Waals surface area contributed by atoms with E-state index >= 15 is 0 Å². The van der Waals surface area contributed by atoms with Gasteiger partial charge in [-0.1, -0.05) is 128 Å². The molecular formula is C33H62NO6+. The zero-order chi connectivity index (χ0) is 30.2. The van der Waals surface area contributed by atoms with Gasteiger partial charge in [-0.15, -0.1) is 0 Å². The predicted octanol–water partition coefficient (Wildman–Crippen LogP) is 8.60. The Labute approximate surface area is 245 Å². The minimum Gasteiger partial charge on any atom is -0.477 e. The first-order valence-corrected chi connectivity index (χ1v) is 16.3. The first-order chi connectivity index (χ1) is 19.1. The number of aliphatic carboxylic acids is 3. The predicted molar refractivity (Wildman–Crippen MR) is 164 cm³/mol. The molecule has 0 heterocycles. The molecule has 0 aromatic carbocycles. The number of carboxylic acids is 3. The SMILES string of the molecule is CCCCCCCCCCCCCCCCCCCC/C=C/CC[N+](C(C)C(=O)O)(C(C)C(=O)O)C(C)C(=O)O. The number of rotatable bonds is 28. The molecule has 0 aromatic rings. The van der Waals surface area contributed by atoms with Gasteiger partial charge in [-0.05, 0) is 33.6 Å². The summed E-state index contributed by atoms with van der Waals surface area (Å²) in [7, 11) is 0. The molecule has 0 aliphatic rings.